The van der Waals surface area contributed by atoms with Gasteiger partial charge in [0.25, 0.3) is 0 Å². The molecular formula is C13H12Cl2N2O2S. The minimum absolute atomic E-state index is 0.181. The number of rotatable bonds is 4. The second kappa shape index (κ2) is 6.52. The third kappa shape index (κ3) is 3.91. The van der Waals surface area contributed by atoms with Crippen LogP contribution in [0.25, 0.3) is 0 Å². The molecule has 0 spiro atoms. The summed E-state index contributed by atoms with van der Waals surface area (Å²) >= 11 is 13.3. The minimum atomic E-state index is -0.344. The molecule has 0 aliphatic rings. The van der Waals surface area contributed by atoms with Crippen molar-refractivity contribution in [1.29, 1.82) is 0 Å². The fourth-order valence-electron chi connectivity index (χ4n) is 1.46. The molecule has 0 saturated heterocycles. The van der Waals surface area contributed by atoms with Crippen molar-refractivity contribution in [2.45, 2.75) is 24.0 Å². The number of nitrogens with zero attached hydrogens (tertiary/aromatic N) is 1. The van der Waals surface area contributed by atoms with Crippen LogP contribution in [0.5, 0.6) is 0 Å². The maximum atomic E-state index is 12.0. The van der Waals surface area contributed by atoms with Crippen molar-refractivity contribution in [3.8, 4) is 0 Å². The number of hydrogen-bond donors (Lipinski definition) is 1. The van der Waals surface area contributed by atoms with Gasteiger partial charge in [0, 0.05) is 16.0 Å². The summed E-state index contributed by atoms with van der Waals surface area (Å²) in [6.07, 6.45) is 0. The average Bonchev–Trinajstić information content (AvgIpc) is 2.79. The van der Waals surface area contributed by atoms with E-state index in [9.17, 15) is 4.79 Å². The van der Waals surface area contributed by atoms with Gasteiger partial charge in [-0.2, -0.15) is 0 Å². The summed E-state index contributed by atoms with van der Waals surface area (Å²) in [7, 11) is 0. The SMILES string of the molecule is Cc1cc(NC(=O)[C@H](C)Sc2cc(Cl)ccc2Cl)no1. The van der Waals surface area contributed by atoms with Crippen molar-refractivity contribution in [1.82, 2.24) is 5.16 Å². The Bertz CT molecular complexity index is 631. The molecular weight excluding hydrogens is 319 g/mol. The monoisotopic (exact) mass is 330 g/mol. The lowest BCUT2D eigenvalue weighted by atomic mass is 10.4. The number of benzene rings is 1. The third-order valence-electron chi connectivity index (χ3n) is 2.45. The average molecular weight is 331 g/mol. The number of carbonyl (C=O) groups is 1. The molecule has 1 N–H and O–H groups in total. The first kappa shape index (κ1) is 15.2. The van der Waals surface area contributed by atoms with E-state index in [1.807, 2.05) is 0 Å². The number of aromatic nitrogens is 1. The molecule has 2 rings (SSSR count). The van der Waals surface area contributed by atoms with Gasteiger partial charge in [-0.3, -0.25) is 4.79 Å². The van der Waals surface area contributed by atoms with Crippen molar-refractivity contribution in [2.75, 3.05) is 5.32 Å². The third-order valence-corrected chi connectivity index (χ3v) is 4.28. The van der Waals surface area contributed by atoms with Gasteiger partial charge in [0.15, 0.2) is 5.82 Å². The highest BCUT2D eigenvalue weighted by atomic mass is 35.5. The fraction of sp³-hybridized carbons (Fsp3) is 0.231. The Hall–Kier alpha value is -1.17. The zero-order valence-electron chi connectivity index (χ0n) is 10.8. The lowest BCUT2D eigenvalue weighted by Crippen LogP contribution is -2.22. The first-order chi connectivity index (χ1) is 9.45. The first-order valence-corrected chi connectivity index (χ1v) is 7.45. The van der Waals surface area contributed by atoms with E-state index >= 15 is 0 Å². The summed E-state index contributed by atoms with van der Waals surface area (Å²) in [6, 6.07) is 6.80. The van der Waals surface area contributed by atoms with E-state index in [-0.39, 0.29) is 11.2 Å². The number of hydrogen-bond acceptors (Lipinski definition) is 4. The fourth-order valence-corrected chi connectivity index (χ4v) is 2.88. The molecule has 1 heterocycles. The molecule has 0 unspecified atom stereocenters. The summed E-state index contributed by atoms with van der Waals surface area (Å²) in [5.41, 5.74) is 0. The summed E-state index contributed by atoms with van der Waals surface area (Å²) in [6.45, 7) is 3.54. The van der Waals surface area contributed by atoms with Crippen LogP contribution in [0.2, 0.25) is 10.0 Å². The van der Waals surface area contributed by atoms with Gasteiger partial charge in [-0.25, -0.2) is 0 Å². The lowest BCUT2D eigenvalue weighted by Gasteiger charge is -2.11. The molecule has 1 atom stereocenters. The van der Waals surface area contributed by atoms with E-state index < -0.39 is 0 Å². The minimum Gasteiger partial charge on any atom is -0.360 e. The van der Waals surface area contributed by atoms with Crippen LogP contribution in [-0.4, -0.2) is 16.3 Å². The zero-order chi connectivity index (χ0) is 14.7. The Labute approximate surface area is 130 Å². The van der Waals surface area contributed by atoms with Crippen molar-refractivity contribution in [2.24, 2.45) is 0 Å². The Balaban J connectivity index is 2.02. The second-order valence-electron chi connectivity index (χ2n) is 4.15. The highest BCUT2D eigenvalue weighted by Crippen LogP contribution is 2.32. The molecule has 0 aliphatic heterocycles. The number of nitrogens with one attached hydrogen (secondary N) is 1. The van der Waals surface area contributed by atoms with Crippen molar-refractivity contribution >= 4 is 46.7 Å². The van der Waals surface area contributed by atoms with Crippen LogP contribution in [0.15, 0.2) is 33.7 Å². The van der Waals surface area contributed by atoms with E-state index in [1.165, 1.54) is 11.8 Å². The number of aryl methyl sites for hydroxylation is 1. The van der Waals surface area contributed by atoms with Gasteiger partial charge in [-0.1, -0.05) is 28.4 Å². The van der Waals surface area contributed by atoms with Gasteiger partial charge in [-0.15, -0.1) is 11.8 Å². The molecule has 106 valence electrons. The summed E-state index contributed by atoms with van der Waals surface area (Å²) in [5, 5.41) is 7.19. The van der Waals surface area contributed by atoms with Crippen LogP contribution in [0.3, 0.4) is 0 Å². The molecule has 0 radical (unpaired) electrons. The molecule has 0 fully saturated rings. The summed E-state index contributed by atoms with van der Waals surface area (Å²) < 4.78 is 4.89. The topological polar surface area (TPSA) is 55.1 Å². The van der Waals surface area contributed by atoms with Gasteiger partial charge >= 0.3 is 0 Å². The van der Waals surface area contributed by atoms with Crippen molar-refractivity contribution in [3.05, 3.63) is 40.1 Å². The summed E-state index contributed by atoms with van der Waals surface area (Å²) in [4.78, 5) is 12.8. The van der Waals surface area contributed by atoms with Crippen molar-refractivity contribution < 1.29 is 9.32 Å². The van der Waals surface area contributed by atoms with Crippen molar-refractivity contribution in [3.63, 3.8) is 0 Å². The molecule has 1 amide bonds. The van der Waals surface area contributed by atoms with Crippen LogP contribution in [0.4, 0.5) is 5.82 Å². The van der Waals surface area contributed by atoms with E-state index in [0.717, 1.165) is 4.90 Å². The van der Waals surface area contributed by atoms with E-state index in [2.05, 4.69) is 10.5 Å². The highest BCUT2D eigenvalue weighted by molar-refractivity contribution is 8.00. The van der Waals surface area contributed by atoms with E-state index in [4.69, 9.17) is 27.7 Å². The molecule has 7 heteroatoms. The highest BCUT2D eigenvalue weighted by Gasteiger charge is 2.17. The summed E-state index contributed by atoms with van der Waals surface area (Å²) in [5.74, 6) is 0.856. The molecule has 2 aromatic rings. The Morgan fingerprint density at radius 3 is 2.80 bits per heavy atom. The molecule has 0 saturated carbocycles. The largest absolute Gasteiger partial charge is 0.360 e. The van der Waals surface area contributed by atoms with Gasteiger partial charge in [0.2, 0.25) is 5.91 Å². The second-order valence-corrected chi connectivity index (χ2v) is 6.37. The maximum absolute atomic E-state index is 12.0. The quantitative estimate of drug-likeness (QED) is 0.843. The zero-order valence-corrected chi connectivity index (χ0v) is 13.1. The normalized spacial score (nSPS) is 12.2. The number of thioether (sulfide) groups is 1. The van der Waals surface area contributed by atoms with Gasteiger partial charge in [0.05, 0.1) is 10.3 Å². The van der Waals surface area contributed by atoms with Crippen LogP contribution in [0.1, 0.15) is 12.7 Å². The van der Waals surface area contributed by atoms with Crippen LogP contribution in [-0.2, 0) is 4.79 Å². The Morgan fingerprint density at radius 2 is 2.15 bits per heavy atom. The van der Waals surface area contributed by atoms with Gasteiger partial charge in [-0.05, 0) is 32.0 Å². The van der Waals surface area contributed by atoms with Crippen LogP contribution >= 0.6 is 35.0 Å². The standard InChI is InChI=1S/C13H12Cl2N2O2S/c1-7-5-12(17-19-7)16-13(18)8(2)20-11-6-9(14)3-4-10(11)15/h3-6,8H,1-2H3,(H,16,17,18)/t8-/m0/s1. The molecule has 0 aliphatic carbocycles. The number of anilines is 1. The lowest BCUT2D eigenvalue weighted by molar-refractivity contribution is -0.115. The first-order valence-electron chi connectivity index (χ1n) is 5.81. The van der Waals surface area contributed by atoms with Gasteiger partial charge in [0.1, 0.15) is 5.76 Å². The predicted molar refractivity (Wildman–Crippen MR) is 81.7 cm³/mol. The van der Waals surface area contributed by atoms with Crippen LogP contribution in [0, 0.1) is 6.92 Å². The number of halogens is 2. The van der Waals surface area contributed by atoms with E-state index in [0.29, 0.717) is 21.6 Å². The van der Waals surface area contributed by atoms with Crippen LogP contribution < -0.4 is 5.32 Å². The molecule has 20 heavy (non-hydrogen) atoms. The molecule has 1 aromatic carbocycles. The van der Waals surface area contributed by atoms with Gasteiger partial charge < -0.3 is 9.84 Å². The molecule has 4 nitrogen and oxygen atoms in total. The number of amides is 1. The Kier molecular flexibility index (Phi) is 4.96. The Morgan fingerprint density at radius 1 is 1.40 bits per heavy atom. The predicted octanol–water partition coefficient (Wildman–Crippen LogP) is 4.41. The van der Waals surface area contributed by atoms with E-state index in [1.54, 1.807) is 38.1 Å². The smallest absolute Gasteiger partial charge is 0.238 e. The number of carbonyl (C=O) groups excluding carboxylic acids is 1. The molecule has 1 aromatic heterocycles. The maximum Gasteiger partial charge on any atom is 0.238 e. The molecule has 0 bridgehead atoms.